The van der Waals surface area contributed by atoms with E-state index in [0.29, 0.717) is 11.7 Å². The lowest BCUT2D eigenvalue weighted by Crippen LogP contribution is -2.33. The molecule has 0 bridgehead atoms. The van der Waals surface area contributed by atoms with Crippen molar-refractivity contribution in [2.24, 2.45) is 0 Å². The van der Waals surface area contributed by atoms with Crippen molar-refractivity contribution in [1.29, 1.82) is 0 Å². The van der Waals surface area contributed by atoms with Gasteiger partial charge in [-0.3, -0.25) is 10.1 Å². The monoisotopic (exact) mass is 261 g/mol. The first-order chi connectivity index (χ1) is 9.06. The van der Waals surface area contributed by atoms with Crippen molar-refractivity contribution in [2.45, 2.75) is 26.4 Å². The number of benzene rings is 1. The summed E-state index contributed by atoms with van der Waals surface area (Å²) < 4.78 is 5.06. The molecule has 1 atom stereocenters. The van der Waals surface area contributed by atoms with Crippen molar-refractivity contribution in [3.05, 3.63) is 35.7 Å². The van der Waals surface area contributed by atoms with Crippen LogP contribution in [0.15, 0.2) is 28.8 Å². The summed E-state index contributed by atoms with van der Waals surface area (Å²) in [5.41, 5.74) is 2.02. The van der Waals surface area contributed by atoms with Gasteiger partial charge in [0.2, 0.25) is 11.7 Å². The quantitative estimate of drug-likeness (QED) is 0.850. The Morgan fingerprint density at radius 1 is 1.42 bits per heavy atom. The van der Waals surface area contributed by atoms with E-state index in [4.69, 9.17) is 9.63 Å². The molecule has 2 N–H and O–H groups in total. The van der Waals surface area contributed by atoms with Crippen molar-refractivity contribution < 1.29 is 14.4 Å². The fourth-order valence-electron chi connectivity index (χ4n) is 1.47. The van der Waals surface area contributed by atoms with Crippen LogP contribution in [-0.4, -0.2) is 27.3 Å². The normalized spacial score (nSPS) is 12.3. The molecule has 2 aromatic rings. The number of carboxylic acids is 1. The van der Waals surface area contributed by atoms with E-state index in [9.17, 15) is 4.79 Å². The fourth-order valence-corrected chi connectivity index (χ4v) is 1.47. The van der Waals surface area contributed by atoms with Gasteiger partial charge in [-0.25, -0.2) is 0 Å². The molecule has 0 spiro atoms. The first-order valence-corrected chi connectivity index (χ1v) is 5.92. The van der Waals surface area contributed by atoms with Crippen LogP contribution >= 0.6 is 0 Å². The summed E-state index contributed by atoms with van der Waals surface area (Å²) >= 11 is 0. The summed E-state index contributed by atoms with van der Waals surface area (Å²) in [4.78, 5) is 14.9. The summed E-state index contributed by atoms with van der Waals surface area (Å²) in [7, 11) is 0. The number of hydrogen-bond donors (Lipinski definition) is 2. The van der Waals surface area contributed by atoms with Crippen LogP contribution in [-0.2, 0) is 11.3 Å². The summed E-state index contributed by atoms with van der Waals surface area (Å²) in [6.45, 7) is 3.79. The second-order valence-electron chi connectivity index (χ2n) is 4.32. The molecule has 19 heavy (non-hydrogen) atoms. The van der Waals surface area contributed by atoms with E-state index < -0.39 is 12.0 Å². The number of aromatic nitrogens is 2. The smallest absolute Gasteiger partial charge is 0.320 e. The Morgan fingerprint density at radius 2 is 2.11 bits per heavy atom. The fraction of sp³-hybridized carbons (Fsp3) is 0.308. The number of aliphatic carboxylic acids is 1. The molecule has 6 nitrogen and oxygen atoms in total. The maximum Gasteiger partial charge on any atom is 0.320 e. The topological polar surface area (TPSA) is 88.2 Å². The molecule has 0 aliphatic carbocycles. The van der Waals surface area contributed by atoms with Crippen molar-refractivity contribution in [3.8, 4) is 11.4 Å². The highest BCUT2D eigenvalue weighted by Gasteiger charge is 2.13. The van der Waals surface area contributed by atoms with Crippen LogP contribution in [0.2, 0.25) is 0 Å². The molecular weight excluding hydrogens is 246 g/mol. The number of nitrogens with zero attached hydrogens (tertiary/aromatic N) is 2. The molecule has 6 heteroatoms. The minimum Gasteiger partial charge on any atom is -0.480 e. The molecule has 0 unspecified atom stereocenters. The van der Waals surface area contributed by atoms with Gasteiger partial charge in [0.1, 0.15) is 6.04 Å². The minimum absolute atomic E-state index is 0.229. The maximum absolute atomic E-state index is 10.6. The molecule has 0 amide bonds. The Hall–Kier alpha value is -2.21. The first-order valence-electron chi connectivity index (χ1n) is 5.92. The second kappa shape index (κ2) is 5.62. The SMILES string of the molecule is Cc1ccc(-c2noc(CN[C@@H](C)C(=O)O)n2)cc1. The lowest BCUT2D eigenvalue weighted by molar-refractivity contribution is -0.139. The summed E-state index contributed by atoms with van der Waals surface area (Å²) in [6.07, 6.45) is 0. The van der Waals surface area contributed by atoms with Crippen LogP contribution in [0, 0.1) is 6.92 Å². The van der Waals surface area contributed by atoms with E-state index in [-0.39, 0.29) is 6.54 Å². The predicted molar refractivity (Wildman–Crippen MR) is 68.4 cm³/mol. The van der Waals surface area contributed by atoms with Gasteiger partial charge in [0.15, 0.2) is 0 Å². The molecule has 0 saturated heterocycles. The van der Waals surface area contributed by atoms with Crippen LogP contribution in [0.3, 0.4) is 0 Å². The van der Waals surface area contributed by atoms with Gasteiger partial charge in [0.05, 0.1) is 6.54 Å². The van der Waals surface area contributed by atoms with E-state index >= 15 is 0 Å². The average molecular weight is 261 g/mol. The van der Waals surface area contributed by atoms with Crippen LogP contribution in [0.1, 0.15) is 18.4 Å². The third-order valence-electron chi connectivity index (χ3n) is 2.71. The highest BCUT2D eigenvalue weighted by Crippen LogP contribution is 2.16. The second-order valence-corrected chi connectivity index (χ2v) is 4.32. The van der Waals surface area contributed by atoms with E-state index in [1.54, 1.807) is 6.92 Å². The number of hydrogen-bond acceptors (Lipinski definition) is 5. The van der Waals surface area contributed by atoms with Gasteiger partial charge in [0.25, 0.3) is 0 Å². The summed E-state index contributed by atoms with van der Waals surface area (Å²) in [5, 5.41) is 15.4. The highest BCUT2D eigenvalue weighted by molar-refractivity contribution is 5.72. The lowest BCUT2D eigenvalue weighted by Gasteiger charge is -2.05. The maximum atomic E-state index is 10.6. The Bertz CT molecular complexity index is 563. The predicted octanol–water partition coefficient (Wildman–Crippen LogP) is 1.61. The van der Waals surface area contributed by atoms with Gasteiger partial charge in [-0.05, 0) is 13.8 Å². The average Bonchev–Trinajstić information content (AvgIpc) is 2.85. The number of nitrogens with one attached hydrogen (secondary N) is 1. The number of carbonyl (C=O) groups is 1. The Kier molecular flexibility index (Phi) is 3.91. The zero-order valence-corrected chi connectivity index (χ0v) is 10.8. The molecule has 100 valence electrons. The van der Waals surface area contributed by atoms with Crippen LogP contribution < -0.4 is 5.32 Å². The van der Waals surface area contributed by atoms with Gasteiger partial charge in [0, 0.05) is 5.56 Å². The molecular formula is C13H15N3O3. The Morgan fingerprint density at radius 3 is 2.74 bits per heavy atom. The molecule has 0 aliphatic rings. The summed E-state index contributed by atoms with van der Waals surface area (Å²) in [6, 6.07) is 7.11. The van der Waals surface area contributed by atoms with Gasteiger partial charge in [-0.15, -0.1) is 0 Å². The Labute approximate surface area is 110 Å². The van der Waals surface area contributed by atoms with Crippen LogP contribution in [0.25, 0.3) is 11.4 Å². The molecule has 0 radical (unpaired) electrons. The van der Waals surface area contributed by atoms with Crippen LogP contribution in [0.4, 0.5) is 0 Å². The summed E-state index contributed by atoms with van der Waals surface area (Å²) in [5.74, 6) is -0.0540. The van der Waals surface area contributed by atoms with Crippen molar-refractivity contribution in [3.63, 3.8) is 0 Å². The lowest BCUT2D eigenvalue weighted by atomic mass is 10.1. The van der Waals surface area contributed by atoms with Crippen molar-refractivity contribution in [1.82, 2.24) is 15.5 Å². The minimum atomic E-state index is -0.918. The Balaban J connectivity index is 2.03. The molecule has 0 saturated carbocycles. The van der Waals surface area contributed by atoms with E-state index in [1.165, 1.54) is 0 Å². The van der Waals surface area contributed by atoms with Crippen LogP contribution in [0.5, 0.6) is 0 Å². The molecule has 2 rings (SSSR count). The molecule has 1 aromatic heterocycles. The molecule has 1 aromatic carbocycles. The number of aryl methyl sites for hydroxylation is 1. The van der Waals surface area contributed by atoms with Gasteiger partial charge >= 0.3 is 5.97 Å². The standard InChI is InChI=1S/C13H15N3O3/c1-8-3-5-10(6-4-8)12-15-11(19-16-12)7-14-9(2)13(17)18/h3-6,9,14H,7H2,1-2H3,(H,17,18)/t9-/m0/s1. The van der Waals surface area contributed by atoms with Gasteiger partial charge in [-0.2, -0.15) is 4.98 Å². The third kappa shape index (κ3) is 3.38. The van der Waals surface area contributed by atoms with Gasteiger partial charge < -0.3 is 9.63 Å². The van der Waals surface area contributed by atoms with E-state index in [0.717, 1.165) is 11.1 Å². The van der Waals surface area contributed by atoms with E-state index in [1.807, 2.05) is 31.2 Å². The van der Waals surface area contributed by atoms with E-state index in [2.05, 4.69) is 15.5 Å². The third-order valence-corrected chi connectivity index (χ3v) is 2.71. The van der Waals surface area contributed by atoms with Crippen molar-refractivity contribution in [2.75, 3.05) is 0 Å². The first kappa shape index (κ1) is 13.2. The molecule has 0 fully saturated rings. The molecule has 0 aliphatic heterocycles. The van der Waals surface area contributed by atoms with Gasteiger partial charge in [-0.1, -0.05) is 35.0 Å². The number of carboxylic acid groups (broad SMARTS) is 1. The highest BCUT2D eigenvalue weighted by atomic mass is 16.5. The number of rotatable bonds is 5. The van der Waals surface area contributed by atoms with Crippen molar-refractivity contribution >= 4 is 5.97 Å². The molecule has 1 heterocycles. The zero-order chi connectivity index (χ0) is 13.8. The largest absolute Gasteiger partial charge is 0.480 e. The zero-order valence-electron chi connectivity index (χ0n) is 10.8.